The van der Waals surface area contributed by atoms with Crippen molar-refractivity contribution < 1.29 is 0 Å². The molecule has 1 nitrogen and oxygen atoms in total. The topological polar surface area (TPSA) is 12.0 Å². The summed E-state index contributed by atoms with van der Waals surface area (Å²) in [6.07, 6.45) is 4.16. The van der Waals surface area contributed by atoms with Crippen LogP contribution in [-0.4, -0.2) is 18.8 Å². The summed E-state index contributed by atoms with van der Waals surface area (Å²) in [4.78, 5) is 0. The van der Waals surface area contributed by atoms with Crippen LogP contribution >= 0.6 is 11.8 Å². The Labute approximate surface area is 109 Å². The van der Waals surface area contributed by atoms with Gasteiger partial charge in [0.1, 0.15) is 0 Å². The number of piperidine rings is 1. The lowest BCUT2D eigenvalue weighted by atomic mass is 9.96. The molecule has 0 aliphatic carbocycles. The molecule has 17 heavy (non-hydrogen) atoms. The van der Waals surface area contributed by atoms with E-state index in [9.17, 15) is 0 Å². The van der Waals surface area contributed by atoms with Crippen LogP contribution in [0.3, 0.4) is 0 Å². The fourth-order valence-electron chi connectivity index (χ4n) is 2.37. The zero-order valence-electron chi connectivity index (χ0n) is 10.7. The molecule has 1 fully saturated rings. The summed E-state index contributed by atoms with van der Waals surface area (Å²) in [6, 6.07) is 8.74. The molecule has 0 saturated carbocycles. The molecular weight excluding hydrogens is 226 g/mol. The number of thioether (sulfide) groups is 1. The minimum absolute atomic E-state index is 0.973. The summed E-state index contributed by atoms with van der Waals surface area (Å²) in [5, 5.41) is 3.43. The number of rotatable bonds is 5. The smallest absolute Gasteiger partial charge is 0.0187 e. The van der Waals surface area contributed by atoms with E-state index in [2.05, 4.69) is 48.3 Å². The van der Waals surface area contributed by atoms with Crippen LogP contribution in [0.15, 0.2) is 24.3 Å². The van der Waals surface area contributed by atoms with Gasteiger partial charge in [-0.25, -0.2) is 0 Å². The van der Waals surface area contributed by atoms with Gasteiger partial charge < -0.3 is 5.32 Å². The predicted octanol–water partition coefficient (Wildman–Crippen LogP) is 3.62. The SMILES string of the molecule is Cc1ccccc1CSCCC1CCNCC1. The van der Waals surface area contributed by atoms with E-state index in [0.717, 1.165) is 5.92 Å². The second-order valence-corrected chi connectivity index (χ2v) is 6.07. The second-order valence-electron chi connectivity index (χ2n) is 4.96. The van der Waals surface area contributed by atoms with E-state index in [-0.39, 0.29) is 0 Å². The zero-order valence-corrected chi connectivity index (χ0v) is 11.6. The van der Waals surface area contributed by atoms with Crippen molar-refractivity contribution in [3.63, 3.8) is 0 Å². The van der Waals surface area contributed by atoms with E-state index in [0.29, 0.717) is 0 Å². The van der Waals surface area contributed by atoms with Gasteiger partial charge in [0.05, 0.1) is 0 Å². The first-order valence-electron chi connectivity index (χ1n) is 6.69. The molecule has 0 atom stereocenters. The molecule has 1 N–H and O–H groups in total. The van der Waals surface area contributed by atoms with E-state index in [1.807, 2.05) is 0 Å². The molecule has 0 unspecified atom stereocenters. The van der Waals surface area contributed by atoms with Gasteiger partial charge in [-0.3, -0.25) is 0 Å². The van der Waals surface area contributed by atoms with Crippen molar-refractivity contribution in [2.75, 3.05) is 18.8 Å². The van der Waals surface area contributed by atoms with Crippen LogP contribution in [0.4, 0.5) is 0 Å². The highest BCUT2D eigenvalue weighted by Crippen LogP contribution is 2.21. The lowest BCUT2D eigenvalue weighted by Gasteiger charge is -2.22. The van der Waals surface area contributed by atoms with Crippen LogP contribution in [-0.2, 0) is 5.75 Å². The first-order chi connectivity index (χ1) is 8.36. The van der Waals surface area contributed by atoms with Gasteiger partial charge in [-0.05, 0) is 62.1 Å². The lowest BCUT2D eigenvalue weighted by Crippen LogP contribution is -2.27. The van der Waals surface area contributed by atoms with Crippen molar-refractivity contribution in [1.82, 2.24) is 5.32 Å². The number of hydrogen-bond acceptors (Lipinski definition) is 2. The molecule has 2 heteroatoms. The minimum atomic E-state index is 0.973. The van der Waals surface area contributed by atoms with Crippen molar-refractivity contribution in [2.24, 2.45) is 5.92 Å². The fourth-order valence-corrected chi connectivity index (χ4v) is 3.56. The Kier molecular flexibility index (Phi) is 5.40. The molecule has 0 spiro atoms. The van der Waals surface area contributed by atoms with Crippen molar-refractivity contribution in [1.29, 1.82) is 0 Å². The molecule has 94 valence electrons. The van der Waals surface area contributed by atoms with Gasteiger partial charge >= 0.3 is 0 Å². The summed E-state index contributed by atoms with van der Waals surface area (Å²) in [5.41, 5.74) is 2.93. The maximum atomic E-state index is 3.43. The lowest BCUT2D eigenvalue weighted by molar-refractivity contribution is 0.367. The highest BCUT2D eigenvalue weighted by atomic mass is 32.2. The second kappa shape index (κ2) is 7.07. The quantitative estimate of drug-likeness (QED) is 0.800. The summed E-state index contributed by atoms with van der Waals surface area (Å²) >= 11 is 2.09. The first kappa shape index (κ1) is 13.0. The van der Waals surface area contributed by atoms with Crippen molar-refractivity contribution in [3.05, 3.63) is 35.4 Å². The van der Waals surface area contributed by atoms with Crippen LogP contribution in [0.25, 0.3) is 0 Å². The molecule has 1 aromatic carbocycles. The Morgan fingerprint density at radius 1 is 1.24 bits per heavy atom. The summed E-state index contributed by atoms with van der Waals surface area (Å²) < 4.78 is 0. The van der Waals surface area contributed by atoms with Crippen LogP contribution in [0.2, 0.25) is 0 Å². The van der Waals surface area contributed by atoms with Crippen LogP contribution in [0.1, 0.15) is 30.4 Å². The number of aryl methyl sites for hydroxylation is 1. The number of hydrogen-bond donors (Lipinski definition) is 1. The largest absolute Gasteiger partial charge is 0.317 e. The van der Waals surface area contributed by atoms with Crippen LogP contribution < -0.4 is 5.32 Å². The molecule has 0 bridgehead atoms. The molecule has 0 amide bonds. The normalized spacial score (nSPS) is 17.2. The van der Waals surface area contributed by atoms with Crippen LogP contribution in [0.5, 0.6) is 0 Å². The maximum absolute atomic E-state index is 3.43. The van der Waals surface area contributed by atoms with E-state index in [1.165, 1.54) is 55.0 Å². The molecule has 0 radical (unpaired) electrons. The van der Waals surface area contributed by atoms with Crippen molar-refractivity contribution in [2.45, 2.75) is 31.9 Å². The first-order valence-corrected chi connectivity index (χ1v) is 7.84. The molecule has 1 aliphatic rings. The Morgan fingerprint density at radius 2 is 2.00 bits per heavy atom. The van der Waals surface area contributed by atoms with E-state index in [1.54, 1.807) is 0 Å². The molecule has 1 saturated heterocycles. The molecule has 1 heterocycles. The fraction of sp³-hybridized carbons (Fsp3) is 0.600. The Morgan fingerprint density at radius 3 is 2.76 bits per heavy atom. The van der Waals surface area contributed by atoms with Crippen molar-refractivity contribution in [3.8, 4) is 0 Å². The molecule has 1 aromatic rings. The highest BCUT2D eigenvalue weighted by Gasteiger charge is 2.12. The number of nitrogens with one attached hydrogen (secondary N) is 1. The van der Waals surface area contributed by atoms with Gasteiger partial charge in [-0.2, -0.15) is 11.8 Å². The third-order valence-corrected chi connectivity index (χ3v) is 4.69. The highest BCUT2D eigenvalue weighted by molar-refractivity contribution is 7.98. The molecule has 2 rings (SSSR count). The van der Waals surface area contributed by atoms with Gasteiger partial charge in [0, 0.05) is 5.75 Å². The van der Waals surface area contributed by atoms with Gasteiger partial charge in [0.2, 0.25) is 0 Å². The van der Waals surface area contributed by atoms with Gasteiger partial charge in [0.15, 0.2) is 0 Å². The Balaban J connectivity index is 1.64. The van der Waals surface area contributed by atoms with Crippen LogP contribution in [0, 0.1) is 12.8 Å². The van der Waals surface area contributed by atoms with Gasteiger partial charge in [0.25, 0.3) is 0 Å². The summed E-state index contributed by atoms with van der Waals surface area (Å²) in [5.74, 6) is 3.47. The maximum Gasteiger partial charge on any atom is 0.0187 e. The molecule has 1 aliphatic heterocycles. The minimum Gasteiger partial charge on any atom is -0.317 e. The van der Waals surface area contributed by atoms with Gasteiger partial charge in [-0.15, -0.1) is 0 Å². The standard InChI is InChI=1S/C15H23NS/c1-13-4-2-3-5-15(13)12-17-11-8-14-6-9-16-10-7-14/h2-5,14,16H,6-12H2,1H3. The third-order valence-electron chi connectivity index (χ3n) is 3.65. The number of benzene rings is 1. The predicted molar refractivity (Wildman–Crippen MR) is 77.6 cm³/mol. The average molecular weight is 249 g/mol. The van der Waals surface area contributed by atoms with E-state index < -0.39 is 0 Å². The Hall–Kier alpha value is -0.470. The zero-order chi connectivity index (χ0) is 11.9. The van der Waals surface area contributed by atoms with Crippen molar-refractivity contribution >= 4 is 11.8 Å². The summed E-state index contributed by atoms with van der Waals surface area (Å²) in [7, 11) is 0. The average Bonchev–Trinajstić information content (AvgIpc) is 2.38. The Bertz CT molecular complexity index is 331. The monoisotopic (exact) mass is 249 g/mol. The summed E-state index contributed by atoms with van der Waals surface area (Å²) in [6.45, 7) is 4.67. The van der Waals surface area contributed by atoms with E-state index in [4.69, 9.17) is 0 Å². The third kappa shape index (κ3) is 4.36. The molecular formula is C15H23NS. The van der Waals surface area contributed by atoms with Gasteiger partial charge in [-0.1, -0.05) is 24.3 Å². The molecule has 0 aromatic heterocycles. The van der Waals surface area contributed by atoms with E-state index >= 15 is 0 Å².